The zero-order chi connectivity index (χ0) is 18.3. The summed E-state index contributed by atoms with van der Waals surface area (Å²) < 4.78 is 5.31. The minimum atomic E-state index is -0.174. The standard InChI is InChI=1S/C20H15ClN2O2S/c1-11-16(12-6-5-7-13(10-12)25-2)17-19(24)22-18(23-20(17)26-11)14-8-3-4-9-15(14)21/h3-10H,1-2H3,(H,22,23,24). The number of rotatable bonds is 3. The lowest BCUT2D eigenvalue weighted by Gasteiger charge is -2.06. The second-order valence-electron chi connectivity index (χ2n) is 5.84. The van der Waals surface area contributed by atoms with Gasteiger partial charge in [-0.1, -0.05) is 35.9 Å². The molecule has 0 atom stereocenters. The number of ether oxygens (including phenoxy) is 1. The molecule has 2 aromatic heterocycles. The molecule has 0 aliphatic heterocycles. The van der Waals surface area contributed by atoms with E-state index < -0.39 is 0 Å². The number of hydrogen-bond acceptors (Lipinski definition) is 4. The van der Waals surface area contributed by atoms with E-state index in [1.807, 2.05) is 49.4 Å². The van der Waals surface area contributed by atoms with Crippen LogP contribution in [0.4, 0.5) is 0 Å². The van der Waals surface area contributed by atoms with Crippen LogP contribution in [0, 0.1) is 6.92 Å². The van der Waals surface area contributed by atoms with Crippen LogP contribution in [0.2, 0.25) is 5.02 Å². The molecule has 0 bridgehead atoms. The molecule has 0 amide bonds. The number of aromatic amines is 1. The maximum atomic E-state index is 12.9. The Morgan fingerprint density at radius 2 is 1.96 bits per heavy atom. The van der Waals surface area contributed by atoms with Crippen LogP contribution in [-0.2, 0) is 0 Å². The molecule has 1 N–H and O–H groups in total. The Hall–Kier alpha value is -2.63. The van der Waals surface area contributed by atoms with Crippen molar-refractivity contribution in [3.05, 3.63) is 68.8 Å². The Morgan fingerprint density at radius 3 is 2.73 bits per heavy atom. The number of hydrogen-bond donors (Lipinski definition) is 1. The van der Waals surface area contributed by atoms with Crippen molar-refractivity contribution in [2.75, 3.05) is 7.11 Å². The van der Waals surface area contributed by atoms with Gasteiger partial charge in [-0.15, -0.1) is 11.3 Å². The minimum Gasteiger partial charge on any atom is -0.497 e. The van der Waals surface area contributed by atoms with Gasteiger partial charge >= 0.3 is 0 Å². The van der Waals surface area contributed by atoms with Crippen molar-refractivity contribution < 1.29 is 4.74 Å². The SMILES string of the molecule is COc1cccc(-c2c(C)sc3nc(-c4ccccc4Cl)[nH]c(=O)c23)c1. The van der Waals surface area contributed by atoms with E-state index in [0.29, 0.717) is 26.6 Å². The fourth-order valence-electron chi connectivity index (χ4n) is 3.03. The molecule has 0 radical (unpaired) electrons. The first-order chi connectivity index (χ1) is 12.6. The molecule has 4 nitrogen and oxygen atoms in total. The summed E-state index contributed by atoms with van der Waals surface area (Å²) in [5, 5.41) is 1.15. The molecule has 130 valence electrons. The van der Waals surface area contributed by atoms with Gasteiger partial charge < -0.3 is 9.72 Å². The summed E-state index contributed by atoms with van der Waals surface area (Å²) in [7, 11) is 1.63. The highest BCUT2D eigenvalue weighted by molar-refractivity contribution is 7.19. The number of nitrogens with zero attached hydrogens (tertiary/aromatic N) is 1. The lowest BCUT2D eigenvalue weighted by molar-refractivity contribution is 0.415. The highest BCUT2D eigenvalue weighted by Crippen LogP contribution is 2.37. The second-order valence-corrected chi connectivity index (χ2v) is 7.45. The van der Waals surface area contributed by atoms with Gasteiger partial charge in [0.25, 0.3) is 5.56 Å². The van der Waals surface area contributed by atoms with Gasteiger partial charge in [0.2, 0.25) is 0 Å². The monoisotopic (exact) mass is 382 g/mol. The maximum Gasteiger partial charge on any atom is 0.260 e. The molecule has 26 heavy (non-hydrogen) atoms. The molecule has 4 rings (SSSR count). The predicted octanol–water partition coefficient (Wildman–Crippen LogP) is 5.29. The van der Waals surface area contributed by atoms with Crippen LogP contribution < -0.4 is 10.3 Å². The van der Waals surface area contributed by atoms with Gasteiger partial charge in [0, 0.05) is 16.0 Å². The molecule has 0 aliphatic rings. The summed E-state index contributed by atoms with van der Waals surface area (Å²) in [4.78, 5) is 22.2. The van der Waals surface area contributed by atoms with Crippen LogP contribution in [0.15, 0.2) is 53.3 Å². The highest BCUT2D eigenvalue weighted by Gasteiger charge is 2.18. The largest absolute Gasteiger partial charge is 0.497 e. The minimum absolute atomic E-state index is 0.174. The molecular weight excluding hydrogens is 368 g/mol. The van der Waals surface area contributed by atoms with Gasteiger partial charge in [-0.3, -0.25) is 4.79 Å². The van der Waals surface area contributed by atoms with Crippen LogP contribution in [0.1, 0.15) is 4.88 Å². The van der Waals surface area contributed by atoms with E-state index in [9.17, 15) is 4.79 Å². The van der Waals surface area contributed by atoms with E-state index in [1.165, 1.54) is 11.3 Å². The van der Waals surface area contributed by atoms with Crippen LogP contribution >= 0.6 is 22.9 Å². The average molecular weight is 383 g/mol. The number of thiophene rings is 1. The summed E-state index contributed by atoms with van der Waals surface area (Å²) in [5.41, 5.74) is 2.36. The van der Waals surface area contributed by atoms with Gasteiger partial charge in [0.15, 0.2) is 0 Å². The van der Waals surface area contributed by atoms with E-state index in [2.05, 4.69) is 9.97 Å². The number of nitrogens with one attached hydrogen (secondary N) is 1. The normalized spacial score (nSPS) is 11.0. The van der Waals surface area contributed by atoms with E-state index in [4.69, 9.17) is 16.3 Å². The molecule has 0 saturated heterocycles. The molecule has 6 heteroatoms. The fourth-order valence-corrected chi connectivity index (χ4v) is 4.30. The Balaban J connectivity index is 1.96. The number of benzene rings is 2. The third-order valence-electron chi connectivity index (χ3n) is 4.23. The summed E-state index contributed by atoms with van der Waals surface area (Å²) in [6, 6.07) is 15.0. The van der Waals surface area contributed by atoms with Crippen LogP contribution in [0.3, 0.4) is 0 Å². The summed E-state index contributed by atoms with van der Waals surface area (Å²) >= 11 is 7.76. The van der Waals surface area contributed by atoms with Crippen molar-refractivity contribution in [1.82, 2.24) is 9.97 Å². The Bertz CT molecular complexity index is 1180. The van der Waals surface area contributed by atoms with E-state index in [1.54, 1.807) is 13.2 Å². The molecule has 0 spiro atoms. The van der Waals surface area contributed by atoms with Crippen molar-refractivity contribution in [3.8, 4) is 28.3 Å². The van der Waals surface area contributed by atoms with Gasteiger partial charge in [0.1, 0.15) is 16.4 Å². The quantitative estimate of drug-likeness (QED) is 0.523. The maximum absolute atomic E-state index is 12.9. The van der Waals surface area contributed by atoms with Crippen molar-refractivity contribution in [1.29, 1.82) is 0 Å². The Kier molecular flexibility index (Phi) is 4.26. The van der Waals surface area contributed by atoms with Crippen molar-refractivity contribution in [3.63, 3.8) is 0 Å². The topological polar surface area (TPSA) is 55.0 Å². The number of aryl methyl sites for hydroxylation is 1. The van der Waals surface area contributed by atoms with Crippen molar-refractivity contribution in [2.24, 2.45) is 0 Å². The highest BCUT2D eigenvalue weighted by atomic mass is 35.5. The Morgan fingerprint density at radius 1 is 1.15 bits per heavy atom. The number of H-pyrrole nitrogens is 1. The fraction of sp³-hybridized carbons (Fsp3) is 0.100. The summed E-state index contributed by atoms with van der Waals surface area (Å²) in [6.45, 7) is 2.00. The van der Waals surface area contributed by atoms with Gasteiger partial charge in [0.05, 0.1) is 17.5 Å². The first-order valence-corrected chi connectivity index (χ1v) is 9.20. The first kappa shape index (κ1) is 16.8. The average Bonchev–Trinajstić information content (AvgIpc) is 2.98. The molecule has 0 aliphatic carbocycles. The molecule has 4 aromatic rings. The number of aromatic nitrogens is 2. The predicted molar refractivity (Wildman–Crippen MR) is 107 cm³/mol. The number of fused-ring (bicyclic) bond motifs is 1. The molecule has 0 fully saturated rings. The Labute approximate surface area is 159 Å². The second kappa shape index (κ2) is 6.59. The zero-order valence-electron chi connectivity index (χ0n) is 14.2. The zero-order valence-corrected chi connectivity index (χ0v) is 15.7. The molecular formula is C20H15ClN2O2S. The van der Waals surface area contributed by atoms with Gasteiger partial charge in [-0.25, -0.2) is 4.98 Å². The molecule has 0 saturated carbocycles. The molecule has 2 heterocycles. The molecule has 2 aromatic carbocycles. The van der Waals surface area contributed by atoms with Crippen LogP contribution in [0.25, 0.3) is 32.7 Å². The van der Waals surface area contributed by atoms with E-state index in [0.717, 1.165) is 21.8 Å². The van der Waals surface area contributed by atoms with Crippen molar-refractivity contribution in [2.45, 2.75) is 6.92 Å². The smallest absolute Gasteiger partial charge is 0.260 e. The molecule has 0 unspecified atom stereocenters. The van der Waals surface area contributed by atoms with Crippen LogP contribution in [0.5, 0.6) is 5.75 Å². The summed E-state index contributed by atoms with van der Waals surface area (Å²) in [6.07, 6.45) is 0. The summed E-state index contributed by atoms with van der Waals surface area (Å²) in [5.74, 6) is 1.23. The first-order valence-electron chi connectivity index (χ1n) is 8.01. The van der Waals surface area contributed by atoms with Crippen LogP contribution in [-0.4, -0.2) is 17.1 Å². The van der Waals surface area contributed by atoms with E-state index in [-0.39, 0.29) is 5.56 Å². The lowest BCUT2D eigenvalue weighted by Crippen LogP contribution is -2.09. The number of halogens is 1. The lowest BCUT2D eigenvalue weighted by atomic mass is 10.0. The van der Waals surface area contributed by atoms with Gasteiger partial charge in [-0.2, -0.15) is 0 Å². The van der Waals surface area contributed by atoms with E-state index >= 15 is 0 Å². The van der Waals surface area contributed by atoms with Gasteiger partial charge in [-0.05, 0) is 36.8 Å². The third kappa shape index (κ3) is 2.79. The van der Waals surface area contributed by atoms with Crippen molar-refractivity contribution >= 4 is 33.2 Å². The third-order valence-corrected chi connectivity index (χ3v) is 5.55. The number of methoxy groups -OCH3 is 1.